The van der Waals surface area contributed by atoms with Gasteiger partial charge in [-0.3, -0.25) is 14.8 Å². The van der Waals surface area contributed by atoms with Crippen LogP contribution in [0.15, 0.2) is 42.5 Å². The summed E-state index contributed by atoms with van der Waals surface area (Å²) in [6.45, 7) is 7.17. The molecule has 0 saturated carbocycles. The Morgan fingerprint density at radius 3 is 2.74 bits per heavy atom. The number of aromatic nitrogens is 2. The van der Waals surface area contributed by atoms with Crippen molar-refractivity contribution in [3.05, 3.63) is 64.8 Å². The first-order valence-electron chi connectivity index (χ1n) is 9.62. The minimum Gasteiger partial charge on any atom is -0.348 e. The van der Waals surface area contributed by atoms with Gasteiger partial charge >= 0.3 is 0 Å². The van der Waals surface area contributed by atoms with Crippen molar-refractivity contribution in [1.82, 2.24) is 20.4 Å². The molecule has 0 spiro atoms. The van der Waals surface area contributed by atoms with Crippen LogP contribution >= 0.6 is 0 Å². The third kappa shape index (κ3) is 3.88. The Hall–Kier alpha value is -2.66. The minimum atomic E-state index is -0.0794. The molecule has 140 valence electrons. The van der Waals surface area contributed by atoms with Crippen molar-refractivity contribution in [3.8, 4) is 0 Å². The molecular formula is C22H26N4O. The molecule has 5 heteroatoms. The number of aryl methyl sites for hydroxylation is 2. The van der Waals surface area contributed by atoms with Gasteiger partial charge in [0.25, 0.3) is 5.91 Å². The summed E-state index contributed by atoms with van der Waals surface area (Å²) in [4.78, 5) is 15.2. The number of hydrogen-bond acceptors (Lipinski definition) is 3. The lowest BCUT2D eigenvalue weighted by Gasteiger charge is -2.32. The number of nitrogens with one attached hydrogen (secondary N) is 2. The molecule has 2 heterocycles. The molecule has 1 aliphatic rings. The maximum absolute atomic E-state index is 12.7. The van der Waals surface area contributed by atoms with Gasteiger partial charge in [0.05, 0.1) is 5.52 Å². The third-order valence-corrected chi connectivity index (χ3v) is 5.51. The normalized spacial score (nSPS) is 15.9. The standard InChI is InChI=1S/C22H26N4O/c1-15-7-8-20-19(13-15)21(25-24-20)22(27)23-18-9-11-26(12-10-18)14-17-6-4-3-5-16(17)2/h3-8,13,18H,9-12,14H2,1-2H3,(H,23,27)(H,24,25). The van der Waals surface area contributed by atoms with Crippen LogP contribution in [-0.2, 0) is 6.54 Å². The van der Waals surface area contributed by atoms with Crippen LogP contribution in [0.25, 0.3) is 10.9 Å². The fourth-order valence-electron chi connectivity index (χ4n) is 3.82. The Balaban J connectivity index is 1.35. The van der Waals surface area contributed by atoms with E-state index < -0.39 is 0 Å². The monoisotopic (exact) mass is 362 g/mol. The van der Waals surface area contributed by atoms with Crippen molar-refractivity contribution >= 4 is 16.8 Å². The zero-order chi connectivity index (χ0) is 18.8. The van der Waals surface area contributed by atoms with E-state index in [0.29, 0.717) is 5.69 Å². The lowest BCUT2D eigenvalue weighted by molar-refractivity contribution is 0.0905. The number of carbonyl (C=O) groups is 1. The number of nitrogens with zero attached hydrogens (tertiary/aromatic N) is 2. The highest BCUT2D eigenvalue weighted by Gasteiger charge is 2.23. The lowest BCUT2D eigenvalue weighted by Crippen LogP contribution is -2.44. The molecule has 0 radical (unpaired) electrons. The summed E-state index contributed by atoms with van der Waals surface area (Å²) in [7, 11) is 0. The highest BCUT2D eigenvalue weighted by atomic mass is 16.2. The van der Waals surface area contributed by atoms with Crippen molar-refractivity contribution < 1.29 is 4.79 Å². The Bertz CT molecular complexity index is 954. The smallest absolute Gasteiger partial charge is 0.272 e. The fraction of sp³-hybridized carbons (Fsp3) is 0.364. The second-order valence-corrected chi connectivity index (χ2v) is 7.57. The SMILES string of the molecule is Cc1ccc2[nH]nc(C(=O)NC3CCN(Cc4ccccc4C)CC3)c2c1. The van der Waals surface area contributed by atoms with Gasteiger partial charge in [0, 0.05) is 31.1 Å². The molecule has 1 saturated heterocycles. The van der Waals surface area contributed by atoms with E-state index in [-0.39, 0.29) is 11.9 Å². The molecule has 1 fully saturated rings. The zero-order valence-corrected chi connectivity index (χ0v) is 16.0. The first kappa shape index (κ1) is 17.7. The van der Waals surface area contributed by atoms with E-state index in [1.165, 1.54) is 11.1 Å². The van der Waals surface area contributed by atoms with Gasteiger partial charge in [-0.1, -0.05) is 35.9 Å². The number of aromatic amines is 1. The Morgan fingerprint density at radius 2 is 1.96 bits per heavy atom. The molecule has 0 unspecified atom stereocenters. The van der Waals surface area contributed by atoms with E-state index in [0.717, 1.165) is 48.9 Å². The number of hydrogen-bond donors (Lipinski definition) is 2. The molecule has 27 heavy (non-hydrogen) atoms. The van der Waals surface area contributed by atoms with Crippen molar-refractivity contribution in [2.24, 2.45) is 0 Å². The van der Waals surface area contributed by atoms with Crippen LogP contribution in [-0.4, -0.2) is 40.1 Å². The van der Waals surface area contributed by atoms with Gasteiger partial charge < -0.3 is 5.32 Å². The predicted molar refractivity (Wildman–Crippen MR) is 108 cm³/mol. The summed E-state index contributed by atoms with van der Waals surface area (Å²) in [6.07, 6.45) is 1.94. The van der Waals surface area contributed by atoms with E-state index in [9.17, 15) is 4.79 Å². The number of amides is 1. The largest absolute Gasteiger partial charge is 0.348 e. The number of likely N-dealkylation sites (tertiary alicyclic amines) is 1. The number of fused-ring (bicyclic) bond motifs is 1. The van der Waals surface area contributed by atoms with Gasteiger partial charge in [-0.15, -0.1) is 0 Å². The highest BCUT2D eigenvalue weighted by molar-refractivity contribution is 6.04. The molecule has 0 aliphatic carbocycles. The van der Waals surface area contributed by atoms with Crippen LogP contribution in [0.3, 0.4) is 0 Å². The molecule has 0 bridgehead atoms. The molecule has 0 atom stereocenters. The molecule has 3 aromatic rings. The van der Waals surface area contributed by atoms with E-state index in [2.05, 4.69) is 51.6 Å². The number of benzene rings is 2. The summed E-state index contributed by atoms with van der Waals surface area (Å²) in [5.74, 6) is -0.0794. The average Bonchev–Trinajstić information content (AvgIpc) is 3.08. The van der Waals surface area contributed by atoms with Crippen molar-refractivity contribution in [1.29, 1.82) is 0 Å². The van der Waals surface area contributed by atoms with E-state index in [1.54, 1.807) is 0 Å². The van der Waals surface area contributed by atoms with E-state index in [4.69, 9.17) is 0 Å². The quantitative estimate of drug-likeness (QED) is 0.746. The van der Waals surface area contributed by atoms with Gasteiger partial charge in [0.15, 0.2) is 5.69 Å². The average molecular weight is 362 g/mol. The van der Waals surface area contributed by atoms with Crippen molar-refractivity contribution in [2.45, 2.75) is 39.3 Å². The molecule has 4 rings (SSSR count). The fourth-order valence-corrected chi connectivity index (χ4v) is 3.82. The van der Waals surface area contributed by atoms with Crippen LogP contribution in [0.5, 0.6) is 0 Å². The zero-order valence-electron chi connectivity index (χ0n) is 16.0. The van der Waals surface area contributed by atoms with Crippen LogP contribution in [0.2, 0.25) is 0 Å². The number of rotatable bonds is 4. The Labute approximate surface area is 159 Å². The van der Waals surface area contributed by atoms with E-state index >= 15 is 0 Å². The number of piperidine rings is 1. The molecule has 2 N–H and O–H groups in total. The topological polar surface area (TPSA) is 61.0 Å². The lowest BCUT2D eigenvalue weighted by atomic mass is 10.0. The Kier molecular flexibility index (Phi) is 4.94. The maximum Gasteiger partial charge on any atom is 0.272 e. The third-order valence-electron chi connectivity index (χ3n) is 5.51. The highest BCUT2D eigenvalue weighted by Crippen LogP contribution is 2.19. The van der Waals surface area contributed by atoms with Crippen LogP contribution in [0, 0.1) is 13.8 Å². The van der Waals surface area contributed by atoms with E-state index in [1.807, 2.05) is 25.1 Å². The van der Waals surface area contributed by atoms with Gasteiger partial charge in [0.2, 0.25) is 0 Å². The second-order valence-electron chi connectivity index (χ2n) is 7.57. The summed E-state index contributed by atoms with van der Waals surface area (Å²) in [6, 6.07) is 14.8. The van der Waals surface area contributed by atoms with Crippen LogP contribution < -0.4 is 5.32 Å². The Morgan fingerprint density at radius 1 is 1.19 bits per heavy atom. The first-order valence-corrected chi connectivity index (χ1v) is 9.62. The molecule has 2 aromatic carbocycles. The molecule has 1 aromatic heterocycles. The molecular weight excluding hydrogens is 336 g/mol. The van der Waals surface area contributed by atoms with Gasteiger partial charge in [0.1, 0.15) is 0 Å². The molecule has 1 aliphatic heterocycles. The second kappa shape index (κ2) is 7.53. The maximum atomic E-state index is 12.7. The molecule has 1 amide bonds. The summed E-state index contributed by atoms with van der Waals surface area (Å²) < 4.78 is 0. The van der Waals surface area contributed by atoms with Gasteiger partial charge in [-0.25, -0.2) is 0 Å². The van der Waals surface area contributed by atoms with Gasteiger partial charge in [-0.05, 0) is 49.9 Å². The summed E-state index contributed by atoms with van der Waals surface area (Å²) in [5.41, 5.74) is 5.25. The minimum absolute atomic E-state index is 0.0794. The number of carbonyl (C=O) groups excluding carboxylic acids is 1. The van der Waals surface area contributed by atoms with Crippen LogP contribution in [0.4, 0.5) is 0 Å². The summed E-state index contributed by atoms with van der Waals surface area (Å²) >= 11 is 0. The molecule has 5 nitrogen and oxygen atoms in total. The van der Waals surface area contributed by atoms with Crippen molar-refractivity contribution in [3.63, 3.8) is 0 Å². The van der Waals surface area contributed by atoms with Crippen LogP contribution in [0.1, 0.15) is 40.0 Å². The van der Waals surface area contributed by atoms with Crippen molar-refractivity contribution in [2.75, 3.05) is 13.1 Å². The number of H-pyrrole nitrogens is 1. The summed E-state index contributed by atoms with van der Waals surface area (Å²) in [5, 5.41) is 11.3. The first-order chi connectivity index (χ1) is 13.1. The van der Waals surface area contributed by atoms with Gasteiger partial charge in [-0.2, -0.15) is 5.10 Å². The predicted octanol–water partition coefficient (Wildman–Crippen LogP) is 3.57.